The molecule has 2 amide bonds. The number of piperazine rings is 1. The number of para-hydroxylation sites is 1. The summed E-state index contributed by atoms with van der Waals surface area (Å²) < 4.78 is 0.698. The molecule has 0 bridgehead atoms. The van der Waals surface area contributed by atoms with Gasteiger partial charge in [-0.3, -0.25) is 19.7 Å². The van der Waals surface area contributed by atoms with Crippen LogP contribution >= 0.6 is 23.1 Å². The summed E-state index contributed by atoms with van der Waals surface area (Å²) in [6, 6.07) is 13.8. The van der Waals surface area contributed by atoms with Gasteiger partial charge in [0.2, 0.25) is 11.0 Å². The number of benzene rings is 2. The first-order chi connectivity index (χ1) is 16.4. The zero-order valence-electron chi connectivity index (χ0n) is 18.3. The molecule has 0 radical (unpaired) electrons. The van der Waals surface area contributed by atoms with E-state index in [1.165, 1.54) is 29.2 Å². The van der Waals surface area contributed by atoms with Gasteiger partial charge in [-0.1, -0.05) is 47.4 Å². The highest BCUT2D eigenvalue weighted by atomic mass is 32.2. The van der Waals surface area contributed by atoms with Crippen molar-refractivity contribution in [2.45, 2.75) is 11.3 Å². The van der Waals surface area contributed by atoms with Crippen molar-refractivity contribution in [3.05, 3.63) is 69.8 Å². The number of thioether (sulfide) groups is 1. The van der Waals surface area contributed by atoms with Gasteiger partial charge < -0.3 is 15.1 Å². The van der Waals surface area contributed by atoms with Crippen LogP contribution in [0, 0.1) is 17.0 Å². The van der Waals surface area contributed by atoms with Crippen molar-refractivity contribution < 1.29 is 14.5 Å². The number of nitrogens with zero attached hydrogens (tertiary/aromatic N) is 5. The van der Waals surface area contributed by atoms with E-state index in [1.54, 1.807) is 24.0 Å². The van der Waals surface area contributed by atoms with E-state index in [-0.39, 0.29) is 23.3 Å². The van der Waals surface area contributed by atoms with Gasteiger partial charge in [0.15, 0.2) is 4.34 Å². The molecule has 1 saturated heterocycles. The minimum atomic E-state index is -0.472. The molecule has 12 heteroatoms. The van der Waals surface area contributed by atoms with Gasteiger partial charge in [0, 0.05) is 49.1 Å². The Morgan fingerprint density at radius 2 is 1.85 bits per heavy atom. The van der Waals surface area contributed by atoms with Crippen LogP contribution in [0.2, 0.25) is 0 Å². The number of carbonyl (C=O) groups is 2. The van der Waals surface area contributed by atoms with Gasteiger partial charge in [-0.05, 0) is 25.1 Å². The average Bonchev–Trinajstić information content (AvgIpc) is 3.32. The first-order valence-corrected chi connectivity index (χ1v) is 12.3. The van der Waals surface area contributed by atoms with Crippen LogP contribution in [0.15, 0.2) is 52.9 Å². The summed E-state index contributed by atoms with van der Waals surface area (Å²) in [5.41, 5.74) is 1.53. The number of nitrogens with one attached hydrogen (secondary N) is 1. The molecule has 1 N–H and O–H groups in total. The van der Waals surface area contributed by atoms with Crippen LogP contribution in [0.3, 0.4) is 0 Å². The fourth-order valence-corrected chi connectivity index (χ4v) is 5.15. The monoisotopic (exact) mass is 498 g/mol. The predicted octanol–water partition coefficient (Wildman–Crippen LogP) is 3.45. The van der Waals surface area contributed by atoms with Crippen molar-refractivity contribution in [2.24, 2.45) is 0 Å². The summed E-state index contributed by atoms with van der Waals surface area (Å²) in [6.07, 6.45) is 0. The lowest BCUT2D eigenvalue weighted by Gasteiger charge is -2.34. The Morgan fingerprint density at radius 1 is 1.12 bits per heavy atom. The second-order valence-electron chi connectivity index (χ2n) is 7.59. The van der Waals surface area contributed by atoms with Crippen molar-refractivity contribution in [1.29, 1.82) is 0 Å². The molecular weight excluding hydrogens is 476 g/mol. The Morgan fingerprint density at radius 3 is 2.56 bits per heavy atom. The van der Waals surface area contributed by atoms with Gasteiger partial charge in [0.25, 0.3) is 11.6 Å². The van der Waals surface area contributed by atoms with E-state index in [9.17, 15) is 19.7 Å². The molecule has 2 aromatic carbocycles. The molecule has 0 atom stereocenters. The molecule has 1 fully saturated rings. The van der Waals surface area contributed by atoms with E-state index >= 15 is 0 Å². The SMILES string of the molecule is Cc1ccc(C(=O)N2CCN(c3nnc(SCC(=O)Nc4ccccc4)s3)CC2)cc1[N+](=O)[O-]. The van der Waals surface area contributed by atoms with Gasteiger partial charge in [0.1, 0.15) is 0 Å². The highest BCUT2D eigenvalue weighted by molar-refractivity contribution is 8.01. The van der Waals surface area contributed by atoms with Gasteiger partial charge >= 0.3 is 0 Å². The van der Waals surface area contributed by atoms with E-state index in [4.69, 9.17) is 0 Å². The Labute approximate surface area is 204 Å². The normalized spacial score (nSPS) is 13.6. The second kappa shape index (κ2) is 10.6. The Hall–Kier alpha value is -3.51. The highest BCUT2D eigenvalue weighted by Gasteiger charge is 2.25. The minimum absolute atomic E-state index is 0.0548. The van der Waals surface area contributed by atoms with Gasteiger partial charge in [0.05, 0.1) is 10.7 Å². The number of anilines is 2. The lowest BCUT2D eigenvalue weighted by atomic mass is 10.1. The molecule has 4 rings (SSSR count). The van der Waals surface area contributed by atoms with Crippen LogP contribution in [0.1, 0.15) is 15.9 Å². The fourth-order valence-electron chi connectivity index (χ4n) is 3.46. The molecule has 10 nitrogen and oxygen atoms in total. The predicted molar refractivity (Wildman–Crippen MR) is 132 cm³/mol. The molecule has 0 unspecified atom stereocenters. The minimum Gasteiger partial charge on any atom is -0.343 e. The van der Waals surface area contributed by atoms with E-state index < -0.39 is 4.92 Å². The smallest absolute Gasteiger partial charge is 0.273 e. The van der Waals surface area contributed by atoms with Crippen molar-refractivity contribution in [3.8, 4) is 0 Å². The van der Waals surface area contributed by atoms with Crippen molar-refractivity contribution in [3.63, 3.8) is 0 Å². The maximum absolute atomic E-state index is 12.8. The number of nitro groups is 1. The number of nitro benzene ring substituents is 1. The van der Waals surface area contributed by atoms with Gasteiger partial charge in [-0.15, -0.1) is 10.2 Å². The van der Waals surface area contributed by atoms with Gasteiger partial charge in [-0.2, -0.15) is 0 Å². The van der Waals surface area contributed by atoms with Crippen molar-refractivity contribution >= 4 is 51.4 Å². The maximum atomic E-state index is 12.8. The molecule has 0 saturated carbocycles. The summed E-state index contributed by atoms with van der Waals surface area (Å²) in [5, 5.41) is 23.2. The molecule has 0 aliphatic carbocycles. The maximum Gasteiger partial charge on any atom is 0.273 e. The summed E-state index contributed by atoms with van der Waals surface area (Å²) in [7, 11) is 0. The molecule has 34 heavy (non-hydrogen) atoms. The van der Waals surface area contributed by atoms with Crippen molar-refractivity contribution in [2.75, 3.05) is 42.1 Å². The van der Waals surface area contributed by atoms with Gasteiger partial charge in [-0.25, -0.2) is 0 Å². The van der Waals surface area contributed by atoms with E-state index in [0.717, 1.165) is 10.8 Å². The summed E-state index contributed by atoms with van der Waals surface area (Å²) >= 11 is 2.74. The van der Waals surface area contributed by atoms with Crippen LogP contribution in [0.4, 0.5) is 16.5 Å². The Kier molecular flexibility index (Phi) is 7.38. The lowest BCUT2D eigenvalue weighted by molar-refractivity contribution is -0.385. The lowest BCUT2D eigenvalue weighted by Crippen LogP contribution is -2.48. The molecule has 1 aliphatic heterocycles. The third-order valence-corrected chi connectivity index (χ3v) is 7.39. The van der Waals surface area contributed by atoms with Crippen LogP contribution in [-0.2, 0) is 4.79 Å². The number of hydrogen-bond donors (Lipinski definition) is 1. The number of rotatable bonds is 7. The Bertz CT molecular complexity index is 1200. The topological polar surface area (TPSA) is 122 Å². The zero-order valence-corrected chi connectivity index (χ0v) is 20.0. The molecule has 2 heterocycles. The first-order valence-electron chi connectivity index (χ1n) is 10.5. The van der Waals surface area contributed by atoms with E-state index in [1.807, 2.05) is 35.2 Å². The quantitative estimate of drug-likeness (QED) is 0.299. The molecule has 176 valence electrons. The van der Waals surface area contributed by atoms with Crippen LogP contribution < -0.4 is 10.2 Å². The first kappa shape index (κ1) is 23.6. The highest BCUT2D eigenvalue weighted by Crippen LogP contribution is 2.29. The second-order valence-corrected chi connectivity index (χ2v) is 9.77. The average molecular weight is 499 g/mol. The third kappa shape index (κ3) is 5.69. The molecule has 3 aromatic rings. The third-order valence-electron chi connectivity index (χ3n) is 5.27. The number of hydrogen-bond acceptors (Lipinski definition) is 9. The fraction of sp³-hybridized carbons (Fsp3) is 0.273. The summed E-state index contributed by atoms with van der Waals surface area (Å²) in [5.74, 6) is -0.105. The number of carbonyl (C=O) groups excluding carboxylic acids is 2. The van der Waals surface area contributed by atoms with Crippen LogP contribution in [0.25, 0.3) is 0 Å². The summed E-state index contributed by atoms with van der Waals surface area (Å²) in [4.78, 5) is 39.4. The molecule has 1 aliphatic rings. The Balaban J connectivity index is 1.28. The molecule has 0 spiro atoms. The summed E-state index contributed by atoms with van der Waals surface area (Å²) in [6.45, 7) is 3.75. The zero-order chi connectivity index (χ0) is 24.1. The van der Waals surface area contributed by atoms with Crippen molar-refractivity contribution in [1.82, 2.24) is 15.1 Å². The largest absolute Gasteiger partial charge is 0.343 e. The van der Waals surface area contributed by atoms with E-state index in [0.29, 0.717) is 41.6 Å². The van der Waals surface area contributed by atoms with Crippen LogP contribution in [0.5, 0.6) is 0 Å². The van der Waals surface area contributed by atoms with Crippen LogP contribution in [-0.4, -0.2) is 63.8 Å². The number of aryl methyl sites for hydroxylation is 1. The number of aromatic nitrogens is 2. The molecular formula is C22H22N6O4S2. The van der Waals surface area contributed by atoms with E-state index in [2.05, 4.69) is 15.5 Å². The molecule has 1 aromatic heterocycles. The number of amides is 2. The standard InChI is InChI=1S/C22H22N6O4S2/c1-15-7-8-16(13-18(15)28(31)32)20(30)26-9-11-27(12-10-26)21-24-25-22(34-21)33-14-19(29)23-17-5-3-2-4-6-17/h2-8,13H,9-12,14H2,1H3,(H,23,29).